The molecule has 4 rings (SSSR count). The number of aromatic nitrogens is 2. The Morgan fingerprint density at radius 1 is 1.14 bits per heavy atom. The summed E-state index contributed by atoms with van der Waals surface area (Å²) in [4.78, 5) is 18.9. The summed E-state index contributed by atoms with van der Waals surface area (Å²) in [6.07, 6.45) is 5.14. The van der Waals surface area contributed by atoms with Crippen LogP contribution in [0.2, 0.25) is 0 Å². The van der Waals surface area contributed by atoms with Crippen molar-refractivity contribution in [3.8, 4) is 17.2 Å². The number of hydrogen-bond acceptors (Lipinski definition) is 5. The maximum Gasteiger partial charge on any atom is 0.258 e. The molecule has 0 bridgehead atoms. The minimum Gasteiger partial charge on any atom is -0.497 e. The molecule has 29 heavy (non-hydrogen) atoms. The van der Waals surface area contributed by atoms with Crippen LogP contribution in [-0.4, -0.2) is 41.1 Å². The van der Waals surface area contributed by atoms with Crippen molar-refractivity contribution in [2.45, 2.75) is 18.8 Å². The molecule has 0 N–H and O–H groups in total. The lowest BCUT2D eigenvalue weighted by Crippen LogP contribution is -2.37. The summed E-state index contributed by atoms with van der Waals surface area (Å²) in [5, 5.41) is 4.17. The number of amides is 1. The first-order chi connectivity index (χ1) is 14.2. The summed E-state index contributed by atoms with van der Waals surface area (Å²) < 4.78 is 10.7. The molecule has 1 aliphatic rings. The number of benzene rings is 2. The Bertz CT molecular complexity index is 989. The zero-order valence-electron chi connectivity index (χ0n) is 16.3. The van der Waals surface area contributed by atoms with Crippen LogP contribution in [0.1, 0.15) is 30.1 Å². The molecule has 6 nitrogen and oxygen atoms in total. The van der Waals surface area contributed by atoms with E-state index in [4.69, 9.17) is 9.26 Å². The molecule has 0 saturated carbocycles. The molecule has 1 amide bonds. The summed E-state index contributed by atoms with van der Waals surface area (Å²) in [5.41, 5.74) is 1.86. The molecule has 1 saturated heterocycles. The molecule has 2 heterocycles. The highest BCUT2D eigenvalue weighted by Crippen LogP contribution is 2.29. The average molecular weight is 389 g/mol. The van der Waals surface area contributed by atoms with Gasteiger partial charge >= 0.3 is 0 Å². The predicted octanol–water partition coefficient (Wildman–Crippen LogP) is 4.16. The molecule has 6 heteroatoms. The van der Waals surface area contributed by atoms with Crippen LogP contribution in [0, 0.1) is 0 Å². The summed E-state index contributed by atoms with van der Waals surface area (Å²) in [5.74, 6) is 2.17. The van der Waals surface area contributed by atoms with Gasteiger partial charge in [0.1, 0.15) is 5.75 Å². The second-order valence-corrected chi connectivity index (χ2v) is 7.03. The van der Waals surface area contributed by atoms with Gasteiger partial charge in [-0.15, -0.1) is 0 Å². The van der Waals surface area contributed by atoms with Crippen LogP contribution in [0.3, 0.4) is 0 Å². The van der Waals surface area contributed by atoms with E-state index in [9.17, 15) is 4.79 Å². The molecule has 0 atom stereocenters. The topological polar surface area (TPSA) is 68.5 Å². The number of rotatable bonds is 5. The minimum absolute atomic E-state index is 0.0393. The summed E-state index contributed by atoms with van der Waals surface area (Å²) in [7, 11) is 1.63. The maximum atomic E-state index is 12.4. The molecular weight excluding hydrogens is 366 g/mol. The summed E-state index contributed by atoms with van der Waals surface area (Å²) in [6.45, 7) is 1.37. The van der Waals surface area contributed by atoms with Crippen LogP contribution < -0.4 is 4.74 Å². The van der Waals surface area contributed by atoms with Crippen molar-refractivity contribution >= 4 is 12.0 Å². The van der Waals surface area contributed by atoms with Crippen molar-refractivity contribution < 1.29 is 14.1 Å². The summed E-state index contributed by atoms with van der Waals surface area (Å²) >= 11 is 0. The van der Waals surface area contributed by atoms with Crippen molar-refractivity contribution in [3.63, 3.8) is 0 Å². The maximum absolute atomic E-state index is 12.4. The van der Waals surface area contributed by atoms with Crippen molar-refractivity contribution in [3.05, 3.63) is 72.1 Å². The van der Waals surface area contributed by atoms with E-state index in [-0.39, 0.29) is 11.8 Å². The first kappa shape index (κ1) is 18.9. The Kier molecular flexibility index (Phi) is 5.70. The van der Waals surface area contributed by atoms with Gasteiger partial charge in [-0.25, -0.2) is 0 Å². The van der Waals surface area contributed by atoms with Gasteiger partial charge in [-0.05, 0) is 42.7 Å². The van der Waals surface area contributed by atoms with E-state index in [1.807, 2.05) is 65.6 Å². The number of carbonyl (C=O) groups excluding carboxylic acids is 1. The van der Waals surface area contributed by atoms with Crippen LogP contribution in [0.5, 0.6) is 5.75 Å². The SMILES string of the molecule is COc1cccc(-c2nc(C3CCN(C(=O)C=Cc4ccccc4)CC3)no2)c1. The van der Waals surface area contributed by atoms with Crippen molar-refractivity contribution in [2.75, 3.05) is 20.2 Å². The third-order valence-corrected chi connectivity index (χ3v) is 5.15. The van der Waals surface area contributed by atoms with Crippen LogP contribution in [0.25, 0.3) is 17.5 Å². The second kappa shape index (κ2) is 8.73. The number of carbonyl (C=O) groups is 1. The molecule has 1 aromatic heterocycles. The van der Waals surface area contributed by atoms with Gasteiger partial charge in [-0.3, -0.25) is 4.79 Å². The lowest BCUT2D eigenvalue weighted by Gasteiger charge is -2.29. The number of ether oxygens (including phenoxy) is 1. The zero-order chi connectivity index (χ0) is 20.1. The van der Waals surface area contributed by atoms with Crippen LogP contribution >= 0.6 is 0 Å². The lowest BCUT2D eigenvalue weighted by molar-refractivity contribution is -0.127. The first-order valence-electron chi connectivity index (χ1n) is 9.73. The first-order valence-corrected chi connectivity index (χ1v) is 9.73. The van der Waals surface area contributed by atoms with E-state index in [2.05, 4.69) is 10.1 Å². The van der Waals surface area contributed by atoms with E-state index in [1.54, 1.807) is 13.2 Å². The molecular formula is C23H23N3O3. The zero-order valence-corrected chi connectivity index (χ0v) is 16.3. The second-order valence-electron chi connectivity index (χ2n) is 7.03. The third-order valence-electron chi connectivity index (χ3n) is 5.15. The predicted molar refractivity (Wildman–Crippen MR) is 110 cm³/mol. The average Bonchev–Trinajstić information content (AvgIpc) is 3.29. The van der Waals surface area contributed by atoms with Crippen LogP contribution in [-0.2, 0) is 4.79 Å². The normalized spacial score (nSPS) is 15.0. The molecule has 0 aliphatic carbocycles. The van der Waals surface area contributed by atoms with E-state index < -0.39 is 0 Å². The van der Waals surface area contributed by atoms with Gasteiger partial charge < -0.3 is 14.2 Å². The smallest absolute Gasteiger partial charge is 0.258 e. The van der Waals surface area contributed by atoms with Gasteiger partial charge in [0.05, 0.1) is 7.11 Å². The van der Waals surface area contributed by atoms with Crippen molar-refractivity contribution in [1.29, 1.82) is 0 Å². The molecule has 0 unspecified atom stereocenters. The molecule has 0 radical (unpaired) electrons. The number of piperidine rings is 1. The highest BCUT2D eigenvalue weighted by atomic mass is 16.5. The van der Waals surface area contributed by atoms with Gasteiger partial charge in [0.2, 0.25) is 5.91 Å². The minimum atomic E-state index is 0.0393. The van der Waals surface area contributed by atoms with E-state index in [0.29, 0.717) is 24.8 Å². The molecule has 148 valence electrons. The van der Waals surface area contributed by atoms with Gasteiger partial charge in [0, 0.05) is 30.6 Å². The largest absolute Gasteiger partial charge is 0.497 e. The Hall–Kier alpha value is -3.41. The van der Waals surface area contributed by atoms with Gasteiger partial charge in [-0.1, -0.05) is 41.6 Å². The van der Waals surface area contributed by atoms with Gasteiger partial charge in [-0.2, -0.15) is 4.98 Å². The lowest BCUT2D eigenvalue weighted by atomic mass is 9.96. The Labute approximate surface area is 169 Å². The quantitative estimate of drug-likeness (QED) is 0.613. The molecule has 3 aromatic rings. The highest BCUT2D eigenvalue weighted by molar-refractivity contribution is 5.91. The number of hydrogen-bond donors (Lipinski definition) is 0. The van der Waals surface area contributed by atoms with Crippen molar-refractivity contribution in [1.82, 2.24) is 15.0 Å². The van der Waals surface area contributed by atoms with Crippen molar-refractivity contribution in [2.24, 2.45) is 0 Å². The Morgan fingerprint density at radius 2 is 1.93 bits per heavy atom. The fourth-order valence-electron chi connectivity index (χ4n) is 3.47. The number of nitrogens with zero attached hydrogens (tertiary/aromatic N) is 3. The standard InChI is InChI=1S/C23H23N3O3/c1-28-20-9-5-8-19(16-20)23-24-22(25-29-23)18-12-14-26(15-13-18)21(27)11-10-17-6-3-2-4-7-17/h2-11,16,18H,12-15H2,1H3. The van der Waals surface area contributed by atoms with E-state index in [1.165, 1.54) is 0 Å². The molecule has 0 spiro atoms. The van der Waals surface area contributed by atoms with Gasteiger partial charge in [0.15, 0.2) is 5.82 Å². The number of methoxy groups -OCH3 is 1. The van der Waals surface area contributed by atoms with E-state index in [0.717, 1.165) is 29.7 Å². The number of likely N-dealkylation sites (tertiary alicyclic amines) is 1. The molecule has 1 fully saturated rings. The molecule has 1 aliphatic heterocycles. The third kappa shape index (κ3) is 4.54. The van der Waals surface area contributed by atoms with Gasteiger partial charge in [0.25, 0.3) is 5.89 Å². The Balaban J connectivity index is 1.35. The summed E-state index contributed by atoms with van der Waals surface area (Å²) in [6, 6.07) is 17.4. The highest BCUT2D eigenvalue weighted by Gasteiger charge is 2.26. The molecule has 2 aromatic carbocycles. The van der Waals surface area contributed by atoms with Crippen LogP contribution in [0.15, 0.2) is 65.2 Å². The fraction of sp³-hybridized carbons (Fsp3) is 0.261. The Morgan fingerprint density at radius 3 is 2.69 bits per heavy atom. The fourth-order valence-corrected chi connectivity index (χ4v) is 3.47. The monoisotopic (exact) mass is 389 g/mol. The van der Waals surface area contributed by atoms with Crippen LogP contribution in [0.4, 0.5) is 0 Å². The van der Waals surface area contributed by atoms with E-state index >= 15 is 0 Å².